The van der Waals surface area contributed by atoms with Crippen LogP contribution >= 0.6 is 0 Å². The Morgan fingerprint density at radius 3 is 2.29 bits per heavy atom. The summed E-state index contributed by atoms with van der Waals surface area (Å²) >= 11 is 0. The van der Waals surface area contributed by atoms with Crippen molar-refractivity contribution in [2.24, 2.45) is 4.99 Å². The van der Waals surface area contributed by atoms with Gasteiger partial charge in [-0.25, -0.2) is 0 Å². The largest absolute Gasteiger partial charge is 0.384 e. The Kier molecular flexibility index (Phi) is 5.83. The van der Waals surface area contributed by atoms with Crippen molar-refractivity contribution >= 4 is 29.2 Å². The average Bonchev–Trinajstić information content (AvgIpc) is 3.57. The molecular weight excluding hydrogens is 388 g/mol. The molecule has 31 heavy (non-hydrogen) atoms. The summed E-state index contributed by atoms with van der Waals surface area (Å²) in [6.07, 6.45) is 3.37. The van der Waals surface area contributed by atoms with Crippen LogP contribution in [0.3, 0.4) is 0 Å². The van der Waals surface area contributed by atoms with Crippen molar-refractivity contribution in [3.8, 4) is 0 Å². The highest BCUT2D eigenvalue weighted by atomic mass is 16.3. The second-order valence-electron chi connectivity index (χ2n) is 8.24. The average molecular weight is 419 g/mol. The Bertz CT molecular complexity index is 987. The molecule has 0 unspecified atom stereocenters. The Hall–Kier alpha value is -3.12. The van der Waals surface area contributed by atoms with Gasteiger partial charge in [-0.15, -0.1) is 0 Å². The fourth-order valence-corrected chi connectivity index (χ4v) is 4.03. The summed E-state index contributed by atoms with van der Waals surface area (Å²) in [5, 5.41) is 10.3. The first-order chi connectivity index (χ1) is 14.9. The molecule has 4 rings (SSSR count). The SMILES string of the molecule is C=C(N1CCN(C(=O)c2ccc(N(C)c3ccccc3/N=C/C)cc2)CC1)C1(O)CC1. The van der Waals surface area contributed by atoms with Gasteiger partial charge in [0.2, 0.25) is 0 Å². The number of carbonyl (C=O) groups excluding carboxylic acids is 1. The second kappa shape index (κ2) is 8.55. The molecule has 2 fully saturated rings. The van der Waals surface area contributed by atoms with Gasteiger partial charge in [-0.05, 0) is 56.2 Å². The Balaban J connectivity index is 1.40. The van der Waals surface area contributed by atoms with Crippen LogP contribution in [0.4, 0.5) is 17.1 Å². The summed E-state index contributed by atoms with van der Waals surface area (Å²) in [5.74, 6) is 0.0422. The number of piperazine rings is 1. The molecule has 1 N–H and O–H groups in total. The molecule has 2 aromatic carbocycles. The van der Waals surface area contributed by atoms with Crippen molar-refractivity contribution in [1.29, 1.82) is 0 Å². The highest BCUT2D eigenvalue weighted by molar-refractivity contribution is 5.95. The molecule has 6 nitrogen and oxygen atoms in total. The number of nitrogens with zero attached hydrogens (tertiary/aromatic N) is 4. The van der Waals surface area contributed by atoms with E-state index in [-0.39, 0.29) is 5.91 Å². The molecular formula is C25H30N4O2. The predicted octanol–water partition coefficient (Wildman–Crippen LogP) is 3.97. The van der Waals surface area contributed by atoms with Gasteiger partial charge in [0, 0.05) is 56.4 Å². The third-order valence-electron chi connectivity index (χ3n) is 6.22. The number of benzene rings is 2. The number of aliphatic hydroxyl groups is 1. The highest BCUT2D eigenvalue weighted by Crippen LogP contribution is 2.42. The Morgan fingerprint density at radius 1 is 1.06 bits per heavy atom. The number of aliphatic imine (C=N–C) groups is 1. The van der Waals surface area contributed by atoms with Crippen molar-refractivity contribution in [3.05, 3.63) is 66.4 Å². The minimum atomic E-state index is -0.699. The molecule has 0 atom stereocenters. The molecule has 2 aromatic rings. The van der Waals surface area contributed by atoms with Gasteiger partial charge in [0.25, 0.3) is 5.91 Å². The minimum Gasteiger partial charge on any atom is -0.384 e. The van der Waals surface area contributed by atoms with E-state index < -0.39 is 5.60 Å². The van der Waals surface area contributed by atoms with E-state index in [1.165, 1.54) is 0 Å². The molecule has 0 aromatic heterocycles. The summed E-state index contributed by atoms with van der Waals surface area (Å²) < 4.78 is 0. The lowest BCUT2D eigenvalue weighted by molar-refractivity contribution is 0.0622. The normalized spacial score (nSPS) is 17.6. The van der Waals surface area contributed by atoms with Gasteiger partial charge in [0.15, 0.2) is 0 Å². The molecule has 1 heterocycles. The monoisotopic (exact) mass is 418 g/mol. The summed E-state index contributed by atoms with van der Waals surface area (Å²) in [7, 11) is 2.00. The van der Waals surface area contributed by atoms with Crippen LogP contribution in [0.1, 0.15) is 30.1 Å². The van der Waals surface area contributed by atoms with Gasteiger partial charge in [0.05, 0.1) is 11.4 Å². The van der Waals surface area contributed by atoms with Crippen LogP contribution in [0.5, 0.6) is 0 Å². The molecule has 2 aliphatic rings. The quantitative estimate of drug-likeness (QED) is 0.721. The molecule has 0 spiro atoms. The molecule has 6 heteroatoms. The van der Waals surface area contributed by atoms with E-state index in [2.05, 4.69) is 21.4 Å². The zero-order valence-corrected chi connectivity index (χ0v) is 18.3. The van der Waals surface area contributed by atoms with Crippen molar-refractivity contribution in [1.82, 2.24) is 9.80 Å². The number of rotatable bonds is 6. The molecule has 0 bridgehead atoms. The zero-order chi connectivity index (χ0) is 22.0. The van der Waals surface area contributed by atoms with Crippen molar-refractivity contribution in [3.63, 3.8) is 0 Å². The fraction of sp³-hybridized carbons (Fsp3) is 0.360. The third kappa shape index (κ3) is 4.35. The van der Waals surface area contributed by atoms with E-state index >= 15 is 0 Å². The van der Waals surface area contributed by atoms with E-state index in [0.29, 0.717) is 31.7 Å². The van der Waals surface area contributed by atoms with Gasteiger partial charge >= 0.3 is 0 Å². The van der Waals surface area contributed by atoms with E-state index in [1.807, 2.05) is 67.4 Å². The van der Waals surface area contributed by atoms with Gasteiger partial charge < -0.3 is 19.8 Å². The van der Waals surface area contributed by atoms with E-state index in [0.717, 1.165) is 35.6 Å². The molecule has 1 saturated carbocycles. The Morgan fingerprint density at radius 2 is 1.68 bits per heavy atom. The lowest BCUT2D eigenvalue weighted by atomic mass is 10.1. The standard InChI is InChI=1S/C25H30N4O2/c1-4-26-22-7-5-6-8-23(22)27(3)21-11-9-20(10-12-21)24(30)29-17-15-28(16-18-29)19(2)25(31)13-14-25/h4-12,31H,2,13-18H2,1,3H3/b26-4+. The van der Waals surface area contributed by atoms with Crippen LogP contribution < -0.4 is 4.90 Å². The maximum atomic E-state index is 13.0. The lowest BCUT2D eigenvalue weighted by Gasteiger charge is -2.38. The van der Waals surface area contributed by atoms with Crippen LogP contribution in [-0.2, 0) is 0 Å². The minimum absolute atomic E-state index is 0.0422. The smallest absolute Gasteiger partial charge is 0.253 e. The first-order valence-corrected chi connectivity index (χ1v) is 10.8. The van der Waals surface area contributed by atoms with Crippen LogP contribution in [0.25, 0.3) is 0 Å². The van der Waals surface area contributed by atoms with E-state index in [1.54, 1.807) is 6.21 Å². The Labute approximate surface area is 184 Å². The number of anilines is 2. The van der Waals surface area contributed by atoms with Crippen LogP contribution in [-0.4, -0.2) is 65.9 Å². The second-order valence-corrected chi connectivity index (χ2v) is 8.24. The molecule has 0 radical (unpaired) electrons. The van der Waals surface area contributed by atoms with Crippen LogP contribution in [0.15, 0.2) is 65.8 Å². The molecule has 1 amide bonds. The molecule has 162 valence electrons. The number of carbonyl (C=O) groups is 1. The molecule has 1 aliphatic heterocycles. The first kappa shape index (κ1) is 21.1. The number of hydrogen-bond donors (Lipinski definition) is 1. The topological polar surface area (TPSA) is 59.4 Å². The van der Waals surface area contributed by atoms with Gasteiger partial charge in [-0.2, -0.15) is 0 Å². The van der Waals surface area contributed by atoms with Gasteiger partial charge in [0.1, 0.15) is 5.60 Å². The zero-order valence-electron chi connectivity index (χ0n) is 18.3. The predicted molar refractivity (Wildman–Crippen MR) is 126 cm³/mol. The van der Waals surface area contributed by atoms with Gasteiger partial charge in [-0.1, -0.05) is 18.7 Å². The number of para-hydroxylation sites is 2. The van der Waals surface area contributed by atoms with Gasteiger partial charge in [-0.3, -0.25) is 9.79 Å². The lowest BCUT2D eigenvalue weighted by Crippen LogP contribution is -2.49. The summed E-state index contributed by atoms with van der Waals surface area (Å²) in [6, 6.07) is 15.7. The van der Waals surface area contributed by atoms with E-state index in [4.69, 9.17) is 0 Å². The summed E-state index contributed by atoms with van der Waals surface area (Å²) in [5.41, 5.74) is 3.70. The van der Waals surface area contributed by atoms with Crippen molar-refractivity contribution in [2.45, 2.75) is 25.4 Å². The fourth-order valence-electron chi connectivity index (χ4n) is 4.03. The maximum Gasteiger partial charge on any atom is 0.253 e. The van der Waals surface area contributed by atoms with Crippen LogP contribution in [0.2, 0.25) is 0 Å². The molecule has 1 aliphatic carbocycles. The summed E-state index contributed by atoms with van der Waals surface area (Å²) in [6.45, 7) is 8.67. The number of amides is 1. The van der Waals surface area contributed by atoms with Crippen LogP contribution in [0, 0.1) is 0 Å². The van der Waals surface area contributed by atoms with Crippen molar-refractivity contribution in [2.75, 3.05) is 38.1 Å². The molecule has 1 saturated heterocycles. The van der Waals surface area contributed by atoms with Crippen molar-refractivity contribution < 1.29 is 9.90 Å². The maximum absolute atomic E-state index is 13.0. The summed E-state index contributed by atoms with van der Waals surface area (Å²) in [4.78, 5) is 23.5. The highest BCUT2D eigenvalue weighted by Gasteiger charge is 2.45. The third-order valence-corrected chi connectivity index (χ3v) is 6.22. The number of hydrogen-bond acceptors (Lipinski definition) is 5. The van der Waals surface area contributed by atoms with E-state index in [9.17, 15) is 9.90 Å². The first-order valence-electron chi connectivity index (χ1n) is 10.8.